The summed E-state index contributed by atoms with van der Waals surface area (Å²) < 4.78 is 0. The van der Waals surface area contributed by atoms with Crippen LogP contribution in [0.5, 0.6) is 0 Å². The van der Waals surface area contributed by atoms with Gasteiger partial charge in [0, 0.05) is 62.8 Å². The minimum Gasteiger partial charge on any atom is -0.361 e. The third kappa shape index (κ3) is 4.94. The molecule has 0 aliphatic carbocycles. The summed E-state index contributed by atoms with van der Waals surface area (Å²) in [7, 11) is 0. The Morgan fingerprint density at radius 2 is 1.93 bits per heavy atom. The summed E-state index contributed by atoms with van der Waals surface area (Å²) in [5.74, 6) is 0.00792. The molecule has 0 radical (unpaired) electrons. The topological polar surface area (TPSA) is 68.4 Å². The van der Waals surface area contributed by atoms with Gasteiger partial charge in [0.15, 0.2) is 0 Å². The second-order valence-corrected chi connectivity index (χ2v) is 7.53. The van der Waals surface area contributed by atoms with Crippen molar-refractivity contribution in [3.8, 4) is 0 Å². The van der Waals surface area contributed by atoms with Crippen LogP contribution in [-0.2, 0) is 22.6 Å². The molecule has 1 fully saturated rings. The Labute approximate surface area is 168 Å². The summed E-state index contributed by atoms with van der Waals surface area (Å²) in [4.78, 5) is 30.3. The lowest BCUT2D eigenvalue weighted by Gasteiger charge is -2.34. The molecule has 2 aromatic rings. The van der Waals surface area contributed by atoms with E-state index in [2.05, 4.69) is 15.2 Å². The van der Waals surface area contributed by atoms with Gasteiger partial charge in [-0.05, 0) is 29.7 Å². The highest BCUT2D eigenvalue weighted by molar-refractivity contribution is 6.31. The predicted octanol–water partition coefficient (Wildman–Crippen LogP) is 2.38. The summed E-state index contributed by atoms with van der Waals surface area (Å²) in [6.45, 7) is 5.90. The van der Waals surface area contributed by atoms with E-state index in [1.165, 1.54) is 6.92 Å². The SMILES string of the molecule is CC(=O)NCCc1c[nH]c2c(CN3CCN(C(=O)CCl)CC3)cc(Cl)cc12. The smallest absolute Gasteiger partial charge is 0.237 e. The van der Waals surface area contributed by atoms with Gasteiger partial charge in [-0.1, -0.05) is 11.6 Å². The van der Waals surface area contributed by atoms with Crippen LogP contribution in [0.4, 0.5) is 0 Å². The normalized spacial score (nSPS) is 15.3. The number of nitrogens with zero attached hydrogens (tertiary/aromatic N) is 2. The highest BCUT2D eigenvalue weighted by Gasteiger charge is 2.21. The number of fused-ring (bicyclic) bond motifs is 1. The fourth-order valence-corrected chi connectivity index (χ4v) is 3.92. The minimum atomic E-state index is -0.0275. The molecule has 0 unspecified atom stereocenters. The number of hydrogen-bond acceptors (Lipinski definition) is 3. The molecule has 146 valence electrons. The third-order valence-corrected chi connectivity index (χ3v) is 5.37. The van der Waals surface area contributed by atoms with Gasteiger partial charge in [0.2, 0.25) is 11.8 Å². The van der Waals surface area contributed by atoms with Gasteiger partial charge in [-0.2, -0.15) is 0 Å². The number of amides is 2. The summed E-state index contributed by atoms with van der Waals surface area (Å²) in [5, 5.41) is 4.62. The molecule has 0 saturated carbocycles. The zero-order chi connectivity index (χ0) is 19.4. The molecular weight excluding hydrogens is 387 g/mol. The van der Waals surface area contributed by atoms with E-state index in [0.717, 1.165) is 48.1 Å². The monoisotopic (exact) mass is 410 g/mol. The summed E-state index contributed by atoms with van der Waals surface area (Å²) in [5.41, 5.74) is 3.36. The molecular formula is C19H24Cl2N4O2. The number of carbonyl (C=O) groups excluding carboxylic acids is 2. The maximum Gasteiger partial charge on any atom is 0.237 e. The standard InChI is InChI=1S/C19H24Cl2N4O2/c1-13(26)22-3-2-14-11-23-19-15(8-16(21)9-17(14)19)12-24-4-6-25(7-5-24)18(27)10-20/h8-9,11,23H,2-7,10,12H2,1H3,(H,22,26). The lowest BCUT2D eigenvalue weighted by Crippen LogP contribution is -2.48. The molecule has 2 N–H and O–H groups in total. The van der Waals surface area contributed by atoms with Gasteiger partial charge in [-0.15, -0.1) is 11.6 Å². The first kappa shape index (κ1) is 20.0. The first-order chi connectivity index (χ1) is 13.0. The van der Waals surface area contributed by atoms with Crippen molar-refractivity contribution in [1.29, 1.82) is 0 Å². The van der Waals surface area contributed by atoms with E-state index in [1.807, 2.05) is 23.2 Å². The van der Waals surface area contributed by atoms with Crippen LogP contribution in [0.15, 0.2) is 18.3 Å². The van der Waals surface area contributed by atoms with Crippen LogP contribution < -0.4 is 5.32 Å². The van der Waals surface area contributed by atoms with Crippen LogP contribution in [0.3, 0.4) is 0 Å². The molecule has 3 rings (SSSR count). The van der Waals surface area contributed by atoms with Crippen LogP contribution in [0, 0.1) is 0 Å². The number of hydrogen-bond donors (Lipinski definition) is 2. The second-order valence-electron chi connectivity index (χ2n) is 6.82. The number of nitrogens with one attached hydrogen (secondary N) is 2. The van der Waals surface area contributed by atoms with E-state index in [1.54, 1.807) is 0 Å². The molecule has 8 heteroatoms. The number of aromatic nitrogens is 1. The zero-order valence-electron chi connectivity index (χ0n) is 15.4. The van der Waals surface area contributed by atoms with E-state index >= 15 is 0 Å². The minimum absolute atomic E-state index is 0.00496. The number of carbonyl (C=O) groups is 2. The average Bonchev–Trinajstić information content (AvgIpc) is 3.04. The number of aromatic amines is 1. The Morgan fingerprint density at radius 1 is 1.19 bits per heavy atom. The lowest BCUT2D eigenvalue weighted by molar-refractivity contribution is -0.130. The van der Waals surface area contributed by atoms with Gasteiger partial charge < -0.3 is 15.2 Å². The van der Waals surface area contributed by atoms with Crippen molar-refractivity contribution in [2.45, 2.75) is 19.9 Å². The van der Waals surface area contributed by atoms with Gasteiger partial charge in [0.05, 0.1) is 5.52 Å². The first-order valence-electron chi connectivity index (χ1n) is 9.07. The number of piperazine rings is 1. The maximum atomic E-state index is 11.7. The van der Waals surface area contributed by atoms with E-state index in [0.29, 0.717) is 24.7 Å². The summed E-state index contributed by atoms with van der Waals surface area (Å²) in [6.07, 6.45) is 2.74. The molecule has 1 aliphatic rings. The van der Waals surface area contributed by atoms with E-state index in [4.69, 9.17) is 23.2 Å². The lowest BCUT2D eigenvalue weighted by atomic mass is 10.1. The van der Waals surface area contributed by atoms with Gasteiger partial charge >= 0.3 is 0 Å². The fraction of sp³-hybridized carbons (Fsp3) is 0.474. The Kier molecular flexibility index (Phi) is 6.63. The Balaban J connectivity index is 1.71. The molecule has 0 spiro atoms. The molecule has 2 amide bonds. The highest BCUT2D eigenvalue weighted by atomic mass is 35.5. The van der Waals surface area contributed by atoms with Gasteiger partial charge in [0.25, 0.3) is 0 Å². The van der Waals surface area contributed by atoms with Crippen molar-refractivity contribution in [1.82, 2.24) is 20.1 Å². The molecule has 1 aromatic carbocycles. The van der Waals surface area contributed by atoms with Crippen LogP contribution >= 0.6 is 23.2 Å². The molecule has 1 saturated heterocycles. The van der Waals surface area contributed by atoms with E-state index in [9.17, 15) is 9.59 Å². The van der Waals surface area contributed by atoms with Crippen molar-refractivity contribution >= 4 is 45.9 Å². The quantitative estimate of drug-likeness (QED) is 0.718. The largest absolute Gasteiger partial charge is 0.361 e. The Bertz CT molecular complexity index is 828. The molecule has 0 atom stereocenters. The van der Waals surface area contributed by atoms with E-state index < -0.39 is 0 Å². The number of alkyl halides is 1. The zero-order valence-corrected chi connectivity index (χ0v) is 16.9. The highest BCUT2D eigenvalue weighted by Crippen LogP contribution is 2.28. The molecule has 0 bridgehead atoms. The fourth-order valence-electron chi connectivity index (χ4n) is 3.51. The predicted molar refractivity (Wildman–Crippen MR) is 108 cm³/mol. The van der Waals surface area contributed by atoms with Crippen molar-refractivity contribution in [2.24, 2.45) is 0 Å². The van der Waals surface area contributed by atoms with Crippen molar-refractivity contribution in [3.05, 3.63) is 34.5 Å². The number of benzene rings is 1. The van der Waals surface area contributed by atoms with Crippen LogP contribution in [0.1, 0.15) is 18.1 Å². The van der Waals surface area contributed by atoms with Crippen molar-refractivity contribution in [2.75, 3.05) is 38.6 Å². The number of H-pyrrole nitrogens is 1. The molecule has 1 aliphatic heterocycles. The van der Waals surface area contributed by atoms with Crippen LogP contribution in [0.25, 0.3) is 10.9 Å². The Morgan fingerprint density at radius 3 is 2.59 bits per heavy atom. The van der Waals surface area contributed by atoms with Crippen LogP contribution in [-0.4, -0.2) is 65.2 Å². The average molecular weight is 411 g/mol. The first-order valence-corrected chi connectivity index (χ1v) is 9.98. The molecule has 6 nitrogen and oxygen atoms in total. The maximum absolute atomic E-state index is 11.7. The second kappa shape index (κ2) is 8.95. The van der Waals surface area contributed by atoms with Crippen molar-refractivity contribution < 1.29 is 9.59 Å². The third-order valence-electron chi connectivity index (χ3n) is 4.92. The van der Waals surface area contributed by atoms with E-state index in [-0.39, 0.29) is 17.7 Å². The van der Waals surface area contributed by atoms with Gasteiger partial charge in [-0.3, -0.25) is 14.5 Å². The number of rotatable bonds is 6. The molecule has 1 aromatic heterocycles. The summed E-state index contributed by atoms with van der Waals surface area (Å²) >= 11 is 12.0. The Hall–Kier alpha value is -1.76. The van der Waals surface area contributed by atoms with Gasteiger partial charge in [0.1, 0.15) is 5.88 Å². The van der Waals surface area contributed by atoms with Gasteiger partial charge in [-0.25, -0.2) is 0 Å². The molecule has 27 heavy (non-hydrogen) atoms. The van der Waals surface area contributed by atoms with Crippen LogP contribution in [0.2, 0.25) is 5.02 Å². The number of halogens is 2. The summed E-state index contributed by atoms with van der Waals surface area (Å²) in [6, 6.07) is 3.96. The van der Waals surface area contributed by atoms with Crippen molar-refractivity contribution in [3.63, 3.8) is 0 Å². The molecule has 2 heterocycles.